The van der Waals surface area contributed by atoms with Gasteiger partial charge in [0.2, 0.25) is 5.91 Å². The molecule has 3 N–H and O–H groups in total. The Balaban J connectivity index is 3.50. The van der Waals surface area contributed by atoms with Crippen LogP contribution >= 0.6 is 0 Å². The number of amides is 1. The summed E-state index contributed by atoms with van der Waals surface area (Å²) in [6.07, 6.45) is 59.7. The van der Waals surface area contributed by atoms with Crippen molar-refractivity contribution in [2.75, 3.05) is 13.2 Å². The Labute approximate surface area is 373 Å². The predicted molar refractivity (Wildman–Crippen MR) is 259 cm³/mol. The second kappa shape index (κ2) is 49.7. The van der Waals surface area contributed by atoms with E-state index in [1.54, 1.807) is 0 Å². The third kappa shape index (κ3) is 45.6. The first kappa shape index (κ1) is 58.1. The van der Waals surface area contributed by atoms with Gasteiger partial charge in [0.05, 0.1) is 25.4 Å². The largest absolute Gasteiger partial charge is 0.466 e. The molecule has 0 aromatic rings. The summed E-state index contributed by atoms with van der Waals surface area (Å²) in [6, 6.07) is -0.560. The standard InChI is InChI=1S/C54H101NO5/c1-3-5-7-9-11-13-15-17-18-19-20-21-23-28-32-36-40-44-48-54(59)60-49-45-41-37-33-29-25-24-27-31-35-39-43-47-53(58)55-51(50-56)52(57)46-42-38-34-30-26-22-16-14-12-10-8-6-4-2/h13,15,18-19,25,29,51-52,56-57H,3-12,14,16-17,20-24,26-28,30-50H2,1-2H3,(H,55,58)/b15-13-,19-18-,29-25-. The predicted octanol–water partition coefficient (Wildman–Crippen LogP) is 15.7. The van der Waals surface area contributed by atoms with E-state index >= 15 is 0 Å². The molecule has 0 fully saturated rings. The molecule has 0 aliphatic heterocycles. The summed E-state index contributed by atoms with van der Waals surface area (Å²) in [5.74, 6) is -0.0927. The van der Waals surface area contributed by atoms with Gasteiger partial charge in [0.1, 0.15) is 0 Å². The molecule has 0 heterocycles. The highest BCUT2D eigenvalue weighted by Crippen LogP contribution is 2.16. The van der Waals surface area contributed by atoms with Gasteiger partial charge in [0.25, 0.3) is 0 Å². The normalized spacial score (nSPS) is 12.9. The second-order valence-electron chi connectivity index (χ2n) is 17.8. The first-order valence-corrected chi connectivity index (χ1v) is 26.2. The molecule has 2 unspecified atom stereocenters. The highest BCUT2D eigenvalue weighted by Gasteiger charge is 2.20. The van der Waals surface area contributed by atoms with Crippen LogP contribution in [0.3, 0.4) is 0 Å². The molecule has 0 saturated carbocycles. The first-order chi connectivity index (χ1) is 29.5. The van der Waals surface area contributed by atoms with E-state index in [-0.39, 0.29) is 18.5 Å². The number of aliphatic hydroxyl groups is 2. The van der Waals surface area contributed by atoms with Gasteiger partial charge in [0.15, 0.2) is 0 Å². The summed E-state index contributed by atoms with van der Waals surface area (Å²) in [6.45, 7) is 4.87. The van der Waals surface area contributed by atoms with Crippen LogP contribution in [0.2, 0.25) is 0 Å². The minimum atomic E-state index is -0.680. The summed E-state index contributed by atoms with van der Waals surface area (Å²) in [7, 11) is 0. The summed E-state index contributed by atoms with van der Waals surface area (Å²) in [5.41, 5.74) is 0. The fourth-order valence-electron chi connectivity index (χ4n) is 7.84. The van der Waals surface area contributed by atoms with Crippen LogP contribution in [0.25, 0.3) is 0 Å². The molecule has 0 aliphatic rings. The Morgan fingerprint density at radius 3 is 1.30 bits per heavy atom. The van der Waals surface area contributed by atoms with Crippen LogP contribution in [0.15, 0.2) is 36.5 Å². The molecule has 60 heavy (non-hydrogen) atoms. The number of carbonyl (C=O) groups excluding carboxylic acids is 2. The van der Waals surface area contributed by atoms with Crippen molar-refractivity contribution in [3.63, 3.8) is 0 Å². The highest BCUT2D eigenvalue weighted by molar-refractivity contribution is 5.76. The molecule has 2 atom stereocenters. The fraction of sp³-hybridized carbons (Fsp3) is 0.852. The maximum atomic E-state index is 12.4. The molecule has 1 amide bonds. The van der Waals surface area contributed by atoms with Crippen LogP contribution in [0.1, 0.15) is 271 Å². The zero-order valence-corrected chi connectivity index (χ0v) is 39.9. The lowest BCUT2D eigenvalue weighted by atomic mass is 10.0. The molecule has 6 heteroatoms. The summed E-state index contributed by atoms with van der Waals surface area (Å²) in [4.78, 5) is 24.5. The molecular formula is C54H101NO5. The van der Waals surface area contributed by atoms with Crippen molar-refractivity contribution in [2.24, 2.45) is 0 Å². The zero-order valence-electron chi connectivity index (χ0n) is 39.9. The monoisotopic (exact) mass is 844 g/mol. The highest BCUT2D eigenvalue weighted by atomic mass is 16.5. The van der Waals surface area contributed by atoms with Gasteiger partial charge in [0, 0.05) is 12.8 Å². The van der Waals surface area contributed by atoms with E-state index < -0.39 is 12.1 Å². The molecule has 0 rings (SSSR count). The number of allylic oxidation sites excluding steroid dienone is 6. The Hall–Kier alpha value is -1.92. The minimum Gasteiger partial charge on any atom is -0.466 e. The van der Waals surface area contributed by atoms with E-state index in [2.05, 4.69) is 55.6 Å². The van der Waals surface area contributed by atoms with Crippen LogP contribution in [-0.4, -0.2) is 47.4 Å². The van der Waals surface area contributed by atoms with Crippen LogP contribution in [-0.2, 0) is 14.3 Å². The number of ether oxygens (including phenoxy) is 1. The average molecular weight is 844 g/mol. The lowest BCUT2D eigenvalue weighted by Crippen LogP contribution is -2.45. The number of unbranched alkanes of at least 4 members (excludes halogenated alkanes) is 31. The molecule has 0 radical (unpaired) electrons. The lowest BCUT2D eigenvalue weighted by molar-refractivity contribution is -0.143. The van der Waals surface area contributed by atoms with Crippen LogP contribution in [0.5, 0.6) is 0 Å². The maximum Gasteiger partial charge on any atom is 0.305 e. The smallest absolute Gasteiger partial charge is 0.305 e. The van der Waals surface area contributed by atoms with Gasteiger partial charge in [-0.25, -0.2) is 0 Å². The molecule has 352 valence electrons. The summed E-state index contributed by atoms with van der Waals surface area (Å²) >= 11 is 0. The van der Waals surface area contributed by atoms with Gasteiger partial charge >= 0.3 is 5.97 Å². The molecule has 0 saturated heterocycles. The average Bonchev–Trinajstić information content (AvgIpc) is 3.25. The van der Waals surface area contributed by atoms with E-state index in [1.165, 1.54) is 154 Å². The second-order valence-corrected chi connectivity index (χ2v) is 17.8. The van der Waals surface area contributed by atoms with Crippen molar-refractivity contribution in [1.29, 1.82) is 0 Å². The Morgan fingerprint density at radius 2 is 0.833 bits per heavy atom. The Bertz CT molecular complexity index is 977. The van der Waals surface area contributed by atoms with E-state index in [0.29, 0.717) is 25.9 Å². The number of hydrogen-bond acceptors (Lipinski definition) is 5. The van der Waals surface area contributed by atoms with E-state index in [1.807, 2.05) is 0 Å². The fourth-order valence-corrected chi connectivity index (χ4v) is 7.84. The number of hydrogen-bond donors (Lipinski definition) is 3. The summed E-state index contributed by atoms with van der Waals surface area (Å²) < 4.78 is 5.45. The SMILES string of the molecule is CCCCCC/C=C\C/C=C\CCCCCCCCCC(=O)OCCCCC/C=C\CCCCCCCC(=O)NC(CO)C(O)CCCCCCCCCCCCCCC. The molecule has 0 bridgehead atoms. The van der Waals surface area contributed by atoms with Crippen molar-refractivity contribution in [1.82, 2.24) is 5.32 Å². The number of esters is 1. The Morgan fingerprint density at radius 1 is 0.467 bits per heavy atom. The number of aliphatic hydroxyl groups excluding tert-OH is 2. The van der Waals surface area contributed by atoms with Gasteiger partial charge < -0.3 is 20.3 Å². The molecule has 0 aliphatic carbocycles. The van der Waals surface area contributed by atoms with Gasteiger partial charge in [-0.1, -0.05) is 204 Å². The van der Waals surface area contributed by atoms with E-state index in [0.717, 1.165) is 83.5 Å². The van der Waals surface area contributed by atoms with Gasteiger partial charge in [-0.15, -0.1) is 0 Å². The molecule has 0 spiro atoms. The third-order valence-corrected chi connectivity index (χ3v) is 11.9. The number of nitrogens with one attached hydrogen (secondary N) is 1. The van der Waals surface area contributed by atoms with Crippen LogP contribution in [0.4, 0.5) is 0 Å². The Kier molecular flexibility index (Phi) is 48.1. The number of rotatable bonds is 48. The number of carbonyl (C=O) groups is 2. The van der Waals surface area contributed by atoms with E-state index in [4.69, 9.17) is 4.74 Å². The quantitative estimate of drug-likeness (QED) is 0.0322. The third-order valence-electron chi connectivity index (χ3n) is 11.9. The van der Waals surface area contributed by atoms with Crippen LogP contribution in [0, 0.1) is 0 Å². The van der Waals surface area contributed by atoms with Crippen LogP contribution < -0.4 is 5.32 Å². The van der Waals surface area contributed by atoms with Crippen molar-refractivity contribution in [2.45, 2.75) is 283 Å². The molecule has 6 nitrogen and oxygen atoms in total. The lowest BCUT2D eigenvalue weighted by Gasteiger charge is -2.22. The van der Waals surface area contributed by atoms with E-state index in [9.17, 15) is 19.8 Å². The zero-order chi connectivity index (χ0) is 43.7. The van der Waals surface area contributed by atoms with Crippen molar-refractivity contribution >= 4 is 11.9 Å². The first-order valence-electron chi connectivity index (χ1n) is 26.2. The van der Waals surface area contributed by atoms with Gasteiger partial charge in [-0.2, -0.15) is 0 Å². The molecular weight excluding hydrogens is 743 g/mol. The van der Waals surface area contributed by atoms with Gasteiger partial charge in [-0.3, -0.25) is 9.59 Å². The molecule has 0 aromatic carbocycles. The maximum absolute atomic E-state index is 12.4. The minimum absolute atomic E-state index is 0.0305. The topological polar surface area (TPSA) is 95.9 Å². The molecule has 0 aromatic heterocycles. The summed E-state index contributed by atoms with van der Waals surface area (Å²) in [5, 5.41) is 23.2. The van der Waals surface area contributed by atoms with Gasteiger partial charge in [-0.05, 0) is 89.9 Å². The van der Waals surface area contributed by atoms with Crippen molar-refractivity contribution in [3.05, 3.63) is 36.5 Å². The van der Waals surface area contributed by atoms with Crippen molar-refractivity contribution in [3.8, 4) is 0 Å². The van der Waals surface area contributed by atoms with Crippen molar-refractivity contribution < 1.29 is 24.5 Å².